The molecule has 0 bridgehead atoms. The van der Waals surface area contributed by atoms with E-state index in [0.29, 0.717) is 12.1 Å². The van der Waals surface area contributed by atoms with Gasteiger partial charge in [-0.25, -0.2) is 0 Å². The van der Waals surface area contributed by atoms with Gasteiger partial charge < -0.3 is 4.90 Å². The third kappa shape index (κ3) is 3.96. The second-order valence-electron chi connectivity index (χ2n) is 5.21. The van der Waals surface area contributed by atoms with Crippen LogP contribution >= 0.6 is 0 Å². The first-order valence-corrected chi connectivity index (χ1v) is 7.56. The molecule has 2 rings (SSSR count). The van der Waals surface area contributed by atoms with Gasteiger partial charge in [-0.15, -0.1) is 0 Å². The van der Waals surface area contributed by atoms with Crippen molar-refractivity contribution in [3.05, 3.63) is 70.3 Å². The Kier molecular flexibility index (Phi) is 5.63. The molecular weight excluding hydrogens is 306 g/mol. The van der Waals surface area contributed by atoms with Crippen LogP contribution in [0.2, 0.25) is 0 Å². The topological polar surface area (TPSA) is 87.2 Å². The fraction of sp³-hybridized carbons (Fsp3) is 0.222. The number of hydrogen-bond donors (Lipinski definition) is 0. The van der Waals surface area contributed by atoms with Crippen LogP contribution in [-0.2, 0) is 4.79 Å². The summed E-state index contributed by atoms with van der Waals surface area (Å²) in [6.07, 6.45) is 0.0248. The van der Waals surface area contributed by atoms with Crippen LogP contribution in [0.1, 0.15) is 24.8 Å². The summed E-state index contributed by atoms with van der Waals surface area (Å²) in [5.74, 6) is -0.801. The molecule has 0 aliphatic carbocycles. The predicted octanol–water partition coefficient (Wildman–Crippen LogP) is 3.65. The summed E-state index contributed by atoms with van der Waals surface area (Å²) < 4.78 is 0. The predicted molar refractivity (Wildman–Crippen MR) is 90.5 cm³/mol. The van der Waals surface area contributed by atoms with Crippen molar-refractivity contribution < 1.29 is 9.72 Å². The first-order valence-electron chi connectivity index (χ1n) is 7.56. The lowest BCUT2D eigenvalue weighted by Crippen LogP contribution is -2.31. The van der Waals surface area contributed by atoms with Gasteiger partial charge in [-0.3, -0.25) is 14.9 Å². The Hall–Kier alpha value is -3.20. The third-order valence-electron chi connectivity index (χ3n) is 3.73. The van der Waals surface area contributed by atoms with Gasteiger partial charge in [-0.2, -0.15) is 5.26 Å². The second kappa shape index (κ2) is 7.88. The molecule has 6 heteroatoms. The Bertz CT molecular complexity index is 751. The van der Waals surface area contributed by atoms with Crippen LogP contribution in [0, 0.1) is 21.4 Å². The van der Waals surface area contributed by atoms with Crippen LogP contribution in [0.15, 0.2) is 54.6 Å². The van der Waals surface area contributed by atoms with Gasteiger partial charge in [0.05, 0.1) is 16.9 Å². The average molecular weight is 323 g/mol. The molecule has 0 saturated heterocycles. The molecule has 0 aliphatic rings. The zero-order chi connectivity index (χ0) is 17.5. The lowest BCUT2D eigenvalue weighted by Gasteiger charge is -2.22. The van der Waals surface area contributed by atoms with E-state index < -0.39 is 10.8 Å². The summed E-state index contributed by atoms with van der Waals surface area (Å²) in [5, 5.41) is 20.1. The van der Waals surface area contributed by atoms with Crippen molar-refractivity contribution in [2.24, 2.45) is 0 Å². The number of carbonyl (C=O) groups is 1. The molecule has 0 N–H and O–H groups in total. The number of anilines is 1. The van der Waals surface area contributed by atoms with E-state index in [9.17, 15) is 20.2 Å². The van der Waals surface area contributed by atoms with E-state index in [1.807, 2.05) is 37.3 Å². The van der Waals surface area contributed by atoms with Crippen LogP contribution in [0.5, 0.6) is 0 Å². The summed E-state index contributed by atoms with van der Waals surface area (Å²) in [5.41, 5.74) is 1.34. The molecular formula is C18H17N3O3. The van der Waals surface area contributed by atoms with Crippen molar-refractivity contribution in [2.75, 3.05) is 11.4 Å². The number of nitro groups is 1. The van der Waals surface area contributed by atoms with E-state index in [1.165, 1.54) is 24.3 Å². The Morgan fingerprint density at radius 1 is 1.21 bits per heavy atom. The van der Waals surface area contributed by atoms with Crippen molar-refractivity contribution in [1.29, 1.82) is 5.26 Å². The maximum Gasteiger partial charge on any atom is 0.269 e. The van der Waals surface area contributed by atoms with Gasteiger partial charge in [0.1, 0.15) is 0 Å². The first kappa shape index (κ1) is 17.2. The number of nitriles is 1. The quantitative estimate of drug-likeness (QED) is 0.599. The minimum atomic E-state index is -0.643. The molecule has 0 fully saturated rings. The van der Waals surface area contributed by atoms with Crippen molar-refractivity contribution in [1.82, 2.24) is 0 Å². The number of non-ortho nitro benzene ring substituents is 1. The molecule has 1 amide bonds. The lowest BCUT2D eigenvalue weighted by atomic mass is 9.96. The van der Waals surface area contributed by atoms with Crippen LogP contribution in [0.25, 0.3) is 0 Å². The van der Waals surface area contributed by atoms with E-state index in [0.717, 1.165) is 5.69 Å². The molecule has 0 spiro atoms. The monoisotopic (exact) mass is 323 g/mol. The van der Waals surface area contributed by atoms with Gasteiger partial charge >= 0.3 is 0 Å². The summed E-state index contributed by atoms with van der Waals surface area (Å²) >= 11 is 0. The molecule has 6 nitrogen and oxygen atoms in total. The zero-order valence-corrected chi connectivity index (χ0v) is 13.3. The highest BCUT2D eigenvalue weighted by atomic mass is 16.6. The van der Waals surface area contributed by atoms with E-state index in [2.05, 4.69) is 6.07 Å². The van der Waals surface area contributed by atoms with E-state index in [4.69, 9.17) is 0 Å². The van der Waals surface area contributed by atoms with Gasteiger partial charge in [0.15, 0.2) is 0 Å². The highest BCUT2D eigenvalue weighted by molar-refractivity contribution is 5.94. The van der Waals surface area contributed by atoms with Gasteiger partial charge in [0.25, 0.3) is 5.69 Å². The number of para-hydroxylation sites is 1. The number of rotatable bonds is 6. The number of carbonyl (C=O) groups excluding carboxylic acids is 1. The molecule has 0 radical (unpaired) electrons. The number of nitrogens with zero attached hydrogens (tertiary/aromatic N) is 3. The molecule has 0 aliphatic heterocycles. The van der Waals surface area contributed by atoms with E-state index >= 15 is 0 Å². The van der Waals surface area contributed by atoms with Crippen molar-refractivity contribution in [2.45, 2.75) is 19.3 Å². The number of hydrogen-bond acceptors (Lipinski definition) is 4. The van der Waals surface area contributed by atoms with Crippen LogP contribution < -0.4 is 4.90 Å². The standard InChI is InChI=1S/C18H17N3O3/c1-2-20(16-6-4-3-5-7-16)18(22)12-15(13-19)14-8-10-17(11-9-14)21(23)24/h3-11,15H,2,12H2,1H3. The molecule has 0 heterocycles. The fourth-order valence-electron chi connectivity index (χ4n) is 2.46. The SMILES string of the molecule is CCN(C(=O)CC(C#N)c1ccc([N+](=O)[O-])cc1)c1ccccc1. The first-order chi connectivity index (χ1) is 11.6. The maximum atomic E-state index is 12.6. The molecule has 0 aromatic heterocycles. The van der Waals surface area contributed by atoms with E-state index in [1.54, 1.807) is 4.90 Å². The Morgan fingerprint density at radius 3 is 2.33 bits per heavy atom. The Labute approximate surface area is 140 Å². The number of amides is 1. The highest BCUT2D eigenvalue weighted by Gasteiger charge is 2.21. The number of benzene rings is 2. The van der Waals surface area contributed by atoms with Crippen LogP contribution in [0.3, 0.4) is 0 Å². The Balaban J connectivity index is 2.15. The molecule has 122 valence electrons. The summed E-state index contributed by atoms with van der Waals surface area (Å²) in [7, 11) is 0. The fourth-order valence-corrected chi connectivity index (χ4v) is 2.46. The molecule has 1 atom stereocenters. The average Bonchev–Trinajstić information content (AvgIpc) is 2.61. The van der Waals surface area contributed by atoms with Crippen LogP contribution in [-0.4, -0.2) is 17.4 Å². The van der Waals surface area contributed by atoms with Crippen molar-refractivity contribution in [3.63, 3.8) is 0 Å². The minimum Gasteiger partial charge on any atom is -0.313 e. The maximum absolute atomic E-state index is 12.6. The van der Waals surface area contributed by atoms with Crippen molar-refractivity contribution >= 4 is 17.3 Å². The largest absolute Gasteiger partial charge is 0.313 e. The van der Waals surface area contributed by atoms with Gasteiger partial charge in [0, 0.05) is 30.8 Å². The lowest BCUT2D eigenvalue weighted by molar-refractivity contribution is -0.384. The van der Waals surface area contributed by atoms with Gasteiger partial charge in [-0.1, -0.05) is 30.3 Å². The summed E-state index contributed by atoms with van der Waals surface area (Å²) in [6.45, 7) is 2.37. The van der Waals surface area contributed by atoms with Gasteiger partial charge in [-0.05, 0) is 24.6 Å². The zero-order valence-electron chi connectivity index (χ0n) is 13.3. The molecule has 2 aromatic carbocycles. The molecule has 0 saturated carbocycles. The molecule has 1 unspecified atom stereocenters. The molecule has 2 aromatic rings. The smallest absolute Gasteiger partial charge is 0.269 e. The Morgan fingerprint density at radius 2 is 1.83 bits per heavy atom. The minimum absolute atomic E-state index is 0.0248. The van der Waals surface area contributed by atoms with E-state index in [-0.39, 0.29) is 18.0 Å². The highest BCUT2D eigenvalue weighted by Crippen LogP contribution is 2.24. The third-order valence-corrected chi connectivity index (χ3v) is 3.73. The van der Waals surface area contributed by atoms with Gasteiger partial charge in [0.2, 0.25) is 5.91 Å². The summed E-state index contributed by atoms with van der Waals surface area (Å²) in [6, 6.07) is 17.1. The molecule has 24 heavy (non-hydrogen) atoms. The normalized spacial score (nSPS) is 11.3. The van der Waals surface area contributed by atoms with Crippen molar-refractivity contribution in [3.8, 4) is 6.07 Å². The summed E-state index contributed by atoms with van der Waals surface area (Å²) in [4.78, 5) is 24.4. The number of nitro benzene ring substituents is 1. The second-order valence-corrected chi connectivity index (χ2v) is 5.21. The van der Waals surface area contributed by atoms with Crippen LogP contribution in [0.4, 0.5) is 11.4 Å².